The molecule has 0 aromatic heterocycles. The largest absolute Gasteiger partial charge is 0.393 e. The minimum atomic E-state index is -0.0436. The van der Waals surface area contributed by atoms with Gasteiger partial charge in [0.25, 0.3) is 0 Å². The number of nitrogens with zero attached hydrogens (tertiary/aromatic N) is 1. The van der Waals surface area contributed by atoms with Crippen molar-refractivity contribution in [3.63, 3.8) is 0 Å². The summed E-state index contributed by atoms with van der Waals surface area (Å²) in [5.74, 6) is 6.67. The summed E-state index contributed by atoms with van der Waals surface area (Å²) < 4.78 is 0. The zero-order valence-electron chi connectivity index (χ0n) is 11.0. The molecular formula is C15H25NO. The SMILES string of the molecule is CC#CCCN1CCCCC1C1CCCC1O. The molecule has 0 aromatic carbocycles. The summed E-state index contributed by atoms with van der Waals surface area (Å²) in [4.78, 5) is 2.59. The quantitative estimate of drug-likeness (QED) is 0.759. The highest BCUT2D eigenvalue weighted by atomic mass is 16.3. The second-order valence-corrected chi connectivity index (χ2v) is 5.44. The molecule has 2 nitrogen and oxygen atoms in total. The van der Waals surface area contributed by atoms with Gasteiger partial charge in [0.2, 0.25) is 0 Å². The molecule has 1 heterocycles. The highest BCUT2D eigenvalue weighted by molar-refractivity contribution is 4.97. The number of rotatable bonds is 3. The predicted molar refractivity (Wildman–Crippen MR) is 70.6 cm³/mol. The van der Waals surface area contributed by atoms with E-state index in [4.69, 9.17) is 0 Å². The second-order valence-electron chi connectivity index (χ2n) is 5.44. The van der Waals surface area contributed by atoms with E-state index in [0.29, 0.717) is 12.0 Å². The van der Waals surface area contributed by atoms with Gasteiger partial charge in [-0.25, -0.2) is 0 Å². The lowest BCUT2D eigenvalue weighted by molar-refractivity contribution is 0.0367. The van der Waals surface area contributed by atoms with E-state index in [2.05, 4.69) is 16.7 Å². The first kappa shape index (κ1) is 12.9. The van der Waals surface area contributed by atoms with Crippen LogP contribution in [0, 0.1) is 17.8 Å². The fourth-order valence-corrected chi connectivity index (χ4v) is 3.52. The Morgan fingerprint density at radius 1 is 1.18 bits per heavy atom. The minimum Gasteiger partial charge on any atom is -0.393 e. The van der Waals surface area contributed by atoms with Crippen LogP contribution >= 0.6 is 0 Å². The summed E-state index contributed by atoms with van der Waals surface area (Å²) >= 11 is 0. The van der Waals surface area contributed by atoms with Crippen molar-refractivity contribution in [3.05, 3.63) is 0 Å². The zero-order valence-corrected chi connectivity index (χ0v) is 11.0. The van der Waals surface area contributed by atoms with Gasteiger partial charge in [0, 0.05) is 24.9 Å². The van der Waals surface area contributed by atoms with Crippen molar-refractivity contribution in [2.24, 2.45) is 5.92 Å². The summed E-state index contributed by atoms with van der Waals surface area (Å²) in [6, 6.07) is 0.625. The van der Waals surface area contributed by atoms with Gasteiger partial charge in [-0.2, -0.15) is 0 Å². The third-order valence-corrected chi connectivity index (χ3v) is 4.39. The van der Waals surface area contributed by atoms with Crippen molar-refractivity contribution < 1.29 is 5.11 Å². The molecule has 17 heavy (non-hydrogen) atoms. The fourth-order valence-electron chi connectivity index (χ4n) is 3.52. The summed E-state index contributed by atoms with van der Waals surface area (Å²) in [5, 5.41) is 10.1. The van der Waals surface area contributed by atoms with Crippen LogP contribution in [-0.4, -0.2) is 35.2 Å². The van der Waals surface area contributed by atoms with Crippen LogP contribution in [0.25, 0.3) is 0 Å². The van der Waals surface area contributed by atoms with E-state index in [-0.39, 0.29) is 6.10 Å². The maximum absolute atomic E-state index is 10.1. The van der Waals surface area contributed by atoms with Gasteiger partial charge in [0.05, 0.1) is 6.10 Å². The number of likely N-dealkylation sites (tertiary alicyclic amines) is 1. The number of piperidine rings is 1. The van der Waals surface area contributed by atoms with E-state index in [1.807, 2.05) is 6.92 Å². The predicted octanol–water partition coefficient (Wildman–Crippen LogP) is 2.42. The van der Waals surface area contributed by atoms with E-state index in [9.17, 15) is 5.11 Å². The van der Waals surface area contributed by atoms with Crippen LogP contribution in [0.5, 0.6) is 0 Å². The summed E-state index contributed by atoms with van der Waals surface area (Å²) in [6.45, 7) is 4.21. The normalized spacial score (nSPS) is 34.4. The molecule has 1 N–H and O–H groups in total. The van der Waals surface area contributed by atoms with Crippen molar-refractivity contribution in [2.75, 3.05) is 13.1 Å². The molecule has 0 spiro atoms. The van der Waals surface area contributed by atoms with Crippen molar-refractivity contribution in [3.8, 4) is 11.8 Å². The van der Waals surface area contributed by atoms with Crippen molar-refractivity contribution in [1.29, 1.82) is 0 Å². The first-order valence-electron chi connectivity index (χ1n) is 7.14. The summed E-state index contributed by atoms with van der Waals surface area (Å²) in [6.07, 6.45) is 8.33. The highest BCUT2D eigenvalue weighted by Gasteiger charge is 2.36. The Kier molecular flexibility index (Phi) is 4.88. The van der Waals surface area contributed by atoms with Gasteiger partial charge in [-0.15, -0.1) is 11.8 Å². The van der Waals surface area contributed by atoms with Gasteiger partial charge in [-0.05, 0) is 39.2 Å². The third-order valence-electron chi connectivity index (χ3n) is 4.39. The van der Waals surface area contributed by atoms with Crippen LogP contribution in [0.1, 0.15) is 51.9 Å². The van der Waals surface area contributed by atoms with E-state index in [1.54, 1.807) is 0 Å². The van der Waals surface area contributed by atoms with Crippen LogP contribution in [0.15, 0.2) is 0 Å². The maximum atomic E-state index is 10.1. The van der Waals surface area contributed by atoms with Gasteiger partial charge >= 0.3 is 0 Å². The monoisotopic (exact) mass is 235 g/mol. The molecule has 0 aromatic rings. The molecule has 0 radical (unpaired) electrons. The number of aliphatic hydroxyl groups is 1. The third kappa shape index (κ3) is 3.24. The molecular weight excluding hydrogens is 210 g/mol. The fraction of sp³-hybridized carbons (Fsp3) is 0.867. The van der Waals surface area contributed by atoms with Gasteiger partial charge in [-0.3, -0.25) is 4.90 Å². The lowest BCUT2D eigenvalue weighted by atomic mass is 9.87. The number of aliphatic hydroxyl groups excluding tert-OH is 1. The molecule has 3 unspecified atom stereocenters. The van der Waals surface area contributed by atoms with Crippen molar-refractivity contribution in [1.82, 2.24) is 4.90 Å². The van der Waals surface area contributed by atoms with Crippen LogP contribution in [-0.2, 0) is 0 Å². The van der Waals surface area contributed by atoms with Crippen molar-refractivity contribution >= 4 is 0 Å². The molecule has 96 valence electrons. The van der Waals surface area contributed by atoms with E-state index >= 15 is 0 Å². The Morgan fingerprint density at radius 3 is 2.76 bits per heavy atom. The molecule has 2 rings (SSSR count). The van der Waals surface area contributed by atoms with Gasteiger partial charge < -0.3 is 5.11 Å². The zero-order chi connectivity index (χ0) is 12.1. The molecule has 0 amide bonds. The summed E-state index contributed by atoms with van der Waals surface area (Å²) in [5.41, 5.74) is 0. The Hall–Kier alpha value is -0.520. The Bertz CT molecular complexity index is 291. The number of hydrogen-bond acceptors (Lipinski definition) is 2. The topological polar surface area (TPSA) is 23.5 Å². The Balaban J connectivity index is 1.93. The molecule has 1 saturated heterocycles. The molecule has 0 bridgehead atoms. The minimum absolute atomic E-state index is 0.0436. The molecule has 2 fully saturated rings. The van der Waals surface area contributed by atoms with Crippen LogP contribution in [0.4, 0.5) is 0 Å². The molecule has 2 heteroatoms. The number of hydrogen-bond donors (Lipinski definition) is 1. The molecule has 1 aliphatic heterocycles. The van der Waals surface area contributed by atoms with Gasteiger partial charge in [0.1, 0.15) is 0 Å². The maximum Gasteiger partial charge on any atom is 0.0583 e. The van der Waals surface area contributed by atoms with Gasteiger partial charge in [0.15, 0.2) is 0 Å². The first-order valence-corrected chi connectivity index (χ1v) is 7.14. The van der Waals surface area contributed by atoms with E-state index in [0.717, 1.165) is 19.4 Å². The van der Waals surface area contributed by atoms with E-state index < -0.39 is 0 Å². The standard InChI is InChI=1S/C15H25NO/c1-2-3-5-11-16-12-6-4-9-14(16)13-8-7-10-15(13)17/h13-15,17H,4-12H2,1H3. The molecule has 1 aliphatic carbocycles. The van der Waals surface area contributed by atoms with Gasteiger partial charge in [-0.1, -0.05) is 12.8 Å². The van der Waals surface area contributed by atoms with Crippen molar-refractivity contribution in [2.45, 2.75) is 64.0 Å². The Morgan fingerprint density at radius 2 is 2.06 bits per heavy atom. The van der Waals surface area contributed by atoms with Crippen LogP contribution in [0.3, 0.4) is 0 Å². The summed E-state index contributed by atoms with van der Waals surface area (Å²) in [7, 11) is 0. The Labute approximate surface area is 105 Å². The van der Waals surface area contributed by atoms with E-state index in [1.165, 1.54) is 38.6 Å². The molecule has 1 saturated carbocycles. The lowest BCUT2D eigenvalue weighted by Crippen LogP contribution is -2.46. The highest BCUT2D eigenvalue weighted by Crippen LogP contribution is 2.35. The molecule has 3 atom stereocenters. The van der Waals surface area contributed by atoms with Crippen LogP contribution < -0.4 is 0 Å². The van der Waals surface area contributed by atoms with Crippen LogP contribution in [0.2, 0.25) is 0 Å². The average molecular weight is 235 g/mol. The average Bonchev–Trinajstić information content (AvgIpc) is 2.76. The second kappa shape index (κ2) is 6.42. The lowest BCUT2D eigenvalue weighted by Gasteiger charge is -2.40. The first-order chi connectivity index (χ1) is 8.33. The smallest absolute Gasteiger partial charge is 0.0583 e. The molecule has 2 aliphatic rings.